The van der Waals surface area contributed by atoms with Crippen molar-refractivity contribution in [2.75, 3.05) is 6.61 Å². The Balaban J connectivity index is 3.18. The summed E-state index contributed by atoms with van der Waals surface area (Å²) >= 11 is 0. The fraction of sp³-hybridized carbons (Fsp3) is 0.500. The molecule has 15 heavy (non-hydrogen) atoms. The third-order valence-electron chi connectivity index (χ3n) is 2.22. The first-order valence-electron chi connectivity index (χ1n) is 5.20. The third kappa shape index (κ3) is 2.55. The zero-order valence-corrected chi connectivity index (χ0v) is 9.70. The van der Waals surface area contributed by atoms with Gasteiger partial charge in [0.25, 0.3) is 0 Å². The second-order valence-electron chi connectivity index (χ2n) is 3.76. The largest absolute Gasteiger partial charge is 0.462 e. The first-order valence-corrected chi connectivity index (χ1v) is 5.20. The van der Waals surface area contributed by atoms with Gasteiger partial charge in [-0.25, -0.2) is 4.79 Å². The van der Waals surface area contributed by atoms with Crippen LogP contribution in [0.25, 0.3) is 0 Å². The first-order chi connectivity index (χ1) is 7.07. The summed E-state index contributed by atoms with van der Waals surface area (Å²) in [7, 11) is 0. The van der Waals surface area contributed by atoms with E-state index < -0.39 is 0 Å². The first kappa shape index (κ1) is 11.7. The Hall–Kier alpha value is -1.38. The molecule has 0 unspecified atom stereocenters. The fourth-order valence-corrected chi connectivity index (χ4v) is 1.49. The van der Waals surface area contributed by atoms with Gasteiger partial charge in [0.05, 0.1) is 17.9 Å². The number of carbonyl (C=O) groups excluding carboxylic acids is 1. The maximum Gasteiger partial charge on any atom is 0.340 e. The van der Waals surface area contributed by atoms with Crippen molar-refractivity contribution in [2.24, 2.45) is 0 Å². The maximum absolute atomic E-state index is 11.7. The molecule has 0 spiro atoms. The van der Waals surface area contributed by atoms with Crippen molar-refractivity contribution in [1.29, 1.82) is 0 Å². The Morgan fingerprint density at radius 3 is 2.73 bits per heavy atom. The monoisotopic (exact) mass is 207 g/mol. The molecule has 1 heterocycles. The number of hydrogen-bond donors (Lipinski definition) is 0. The standard InChI is InChI=1S/C12H17NO2/c1-5-15-12(14)10-9(4)6-7-13-11(10)8(2)3/h6-8H,5H2,1-4H3. The average Bonchev–Trinajstić information content (AvgIpc) is 2.17. The Labute approximate surface area is 90.5 Å². The number of aryl methyl sites for hydroxylation is 1. The van der Waals surface area contributed by atoms with Gasteiger partial charge in [0.1, 0.15) is 0 Å². The lowest BCUT2D eigenvalue weighted by Gasteiger charge is -2.12. The molecule has 0 fully saturated rings. The topological polar surface area (TPSA) is 39.2 Å². The van der Waals surface area contributed by atoms with Gasteiger partial charge in [-0.15, -0.1) is 0 Å². The van der Waals surface area contributed by atoms with E-state index in [9.17, 15) is 4.79 Å². The summed E-state index contributed by atoms with van der Waals surface area (Å²) in [4.78, 5) is 16.0. The van der Waals surface area contributed by atoms with Crippen LogP contribution in [0.2, 0.25) is 0 Å². The summed E-state index contributed by atoms with van der Waals surface area (Å²) in [6.45, 7) is 8.14. The summed E-state index contributed by atoms with van der Waals surface area (Å²) in [6, 6.07) is 1.83. The van der Waals surface area contributed by atoms with Crippen LogP contribution in [0.15, 0.2) is 12.3 Å². The zero-order valence-electron chi connectivity index (χ0n) is 9.70. The van der Waals surface area contributed by atoms with Gasteiger partial charge in [0.2, 0.25) is 0 Å². The second-order valence-corrected chi connectivity index (χ2v) is 3.76. The van der Waals surface area contributed by atoms with Crippen molar-refractivity contribution < 1.29 is 9.53 Å². The fourth-order valence-electron chi connectivity index (χ4n) is 1.49. The van der Waals surface area contributed by atoms with Gasteiger partial charge >= 0.3 is 5.97 Å². The van der Waals surface area contributed by atoms with Gasteiger partial charge in [-0.3, -0.25) is 4.98 Å². The van der Waals surface area contributed by atoms with Crippen molar-refractivity contribution in [3.05, 3.63) is 29.1 Å². The molecule has 1 rings (SSSR count). The van der Waals surface area contributed by atoms with E-state index in [1.54, 1.807) is 13.1 Å². The van der Waals surface area contributed by atoms with Crippen LogP contribution in [0.1, 0.15) is 48.3 Å². The van der Waals surface area contributed by atoms with Crippen molar-refractivity contribution in [2.45, 2.75) is 33.6 Å². The van der Waals surface area contributed by atoms with Crippen LogP contribution in [0, 0.1) is 6.92 Å². The highest BCUT2D eigenvalue weighted by Crippen LogP contribution is 2.20. The average molecular weight is 207 g/mol. The van der Waals surface area contributed by atoms with E-state index in [0.29, 0.717) is 12.2 Å². The van der Waals surface area contributed by atoms with Crippen molar-refractivity contribution >= 4 is 5.97 Å². The summed E-state index contributed by atoms with van der Waals surface area (Å²) in [5.41, 5.74) is 2.36. The molecule has 1 aromatic heterocycles. The number of nitrogens with zero attached hydrogens (tertiary/aromatic N) is 1. The minimum Gasteiger partial charge on any atom is -0.462 e. The molecule has 0 N–H and O–H groups in total. The highest BCUT2D eigenvalue weighted by molar-refractivity contribution is 5.92. The Kier molecular flexibility index (Phi) is 3.83. The Morgan fingerprint density at radius 1 is 1.53 bits per heavy atom. The summed E-state index contributed by atoms with van der Waals surface area (Å²) in [5, 5.41) is 0. The van der Waals surface area contributed by atoms with E-state index in [1.165, 1.54) is 0 Å². The van der Waals surface area contributed by atoms with Gasteiger partial charge < -0.3 is 4.74 Å². The molecule has 0 aliphatic heterocycles. The van der Waals surface area contributed by atoms with Crippen LogP contribution in [-0.4, -0.2) is 17.6 Å². The van der Waals surface area contributed by atoms with E-state index in [-0.39, 0.29) is 11.9 Å². The third-order valence-corrected chi connectivity index (χ3v) is 2.22. The number of pyridine rings is 1. The van der Waals surface area contributed by atoms with E-state index in [0.717, 1.165) is 11.3 Å². The quantitative estimate of drug-likeness (QED) is 0.715. The molecule has 0 amide bonds. The van der Waals surface area contributed by atoms with Crippen LogP contribution in [0.3, 0.4) is 0 Å². The zero-order chi connectivity index (χ0) is 11.4. The molecular formula is C12H17NO2. The molecule has 0 aliphatic rings. The number of carbonyl (C=O) groups is 1. The number of esters is 1. The van der Waals surface area contributed by atoms with Gasteiger partial charge in [-0.2, -0.15) is 0 Å². The molecule has 82 valence electrons. The maximum atomic E-state index is 11.7. The predicted octanol–water partition coefficient (Wildman–Crippen LogP) is 2.69. The molecule has 0 bridgehead atoms. The molecule has 0 saturated carbocycles. The Morgan fingerprint density at radius 2 is 2.20 bits per heavy atom. The lowest BCUT2D eigenvalue weighted by Crippen LogP contribution is -2.12. The summed E-state index contributed by atoms with van der Waals surface area (Å²) in [6.07, 6.45) is 1.73. The summed E-state index contributed by atoms with van der Waals surface area (Å²) in [5.74, 6) is -0.0453. The highest BCUT2D eigenvalue weighted by atomic mass is 16.5. The normalized spacial score (nSPS) is 10.5. The number of rotatable bonds is 3. The molecular weight excluding hydrogens is 190 g/mol. The van der Waals surface area contributed by atoms with Crippen molar-refractivity contribution in [3.8, 4) is 0 Å². The van der Waals surface area contributed by atoms with E-state index in [2.05, 4.69) is 4.98 Å². The lowest BCUT2D eigenvalue weighted by molar-refractivity contribution is 0.0523. The van der Waals surface area contributed by atoms with Gasteiger partial charge in [-0.1, -0.05) is 13.8 Å². The minimum absolute atomic E-state index is 0.226. The minimum atomic E-state index is -0.271. The van der Waals surface area contributed by atoms with Gasteiger partial charge in [0, 0.05) is 6.20 Å². The molecule has 0 aliphatic carbocycles. The Bertz CT molecular complexity index is 359. The number of ether oxygens (including phenoxy) is 1. The highest BCUT2D eigenvalue weighted by Gasteiger charge is 2.18. The molecule has 0 saturated heterocycles. The van der Waals surface area contributed by atoms with Crippen LogP contribution < -0.4 is 0 Å². The van der Waals surface area contributed by atoms with Crippen LogP contribution >= 0.6 is 0 Å². The van der Waals surface area contributed by atoms with Crippen molar-refractivity contribution in [1.82, 2.24) is 4.98 Å². The van der Waals surface area contributed by atoms with E-state index >= 15 is 0 Å². The molecule has 0 aromatic carbocycles. The smallest absolute Gasteiger partial charge is 0.340 e. The lowest BCUT2D eigenvalue weighted by atomic mass is 10.00. The molecule has 0 atom stereocenters. The predicted molar refractivity (Wildman–Crippen MR) is 59.0 cm³/mol. The van der Waals surface area contributed by atoms with Crippen molar-refractivity contribution in [3.63, 3.8) is 0 Å². The van der Waals surface area contributed by atoms with E-state index in [4.69, 9.17) is 4.74 Å². The SMILES string of the molecule is CCOC(=O)c1c(C)ccnc1C(C)C. The van der Waals surface area contributed by atoms with Crippen LogP contribution in [0.5, 0.6) is 0 Å². The van der Waals surface area contributed by atoms with Gasteiger partial charge in [-0.05, 0) is 31.4 Å². The molecule has 1 aromatic rings. The molecule has 0 radical (unpaired) electrons. The van der Waals surface area contributed by atoms with Gasteiger partial charge in [0.15, 0.2) is 0 Å². The number of aromatic nitrogens is 1. The molecule has 3 heteroatoms. The van der Waals surface area contributed by atoms with E-state index in [1.807, 2.05) is 26.8 Å². The summed E-state index contributed by atoms with van der Waals surface area (Å²) < 4.78 is 5.02. The number of hydrogen-bond acceptors (Lipinski definition) is 3. The van der Waals surface area contributed by atoms with Crippen LogP contribution in [-0.2, 0) is 4.74 Å². The second kappa shape index (κ2) is 4.91. The van der Waals surface area contributed by atoms with Crippen LogP contribution in [0.4, 0.5) is 0 Å². The molecule has 3 nitrogen and oxygen atoms in total.